The topological polar surface area (TPSA) is 51.1 Å². The molecule has 0 saturated carbocycles. The predicted molar refractivity (Wildman–Crippen MR) is 159 cm³/mol. The number of rotatable bonds is 9. The summed E-state index contributed by atoms with van der Waals surface area (Å²) in [5.74, 6) is 1.17. The first kappa shape index (κ1) is 26.6. The SMILES string of the molecule is CCOc1cc(C=C2SC(=Nc3ccccc3)N(Cc3ccccc3)C2=O)ccc1OCc1ccc(Cl)cc1. The van der Waals surface area contributed by atoms with E-state index in [1.165, 1.54) is 11.8 Å². The summed E-state index contributed by atoms with van der Waals surface area (Å²) in [6.07, 6.45) is 1.88. The molecule has 0 aromatic heterocycles. The molecule has 5 nitrogen and oxygen atoms in total. The van der Waals surface area contributed by atoms with Gasteiger partial charge in [-0.3, -0.25) is 9.69 Å². The molecule has 1 fully saturated rings. The van der Waals surface area contributed by atoms with Gasteiger partial charge in [0, 0.05) is 5.02 Å². The van der Waals surface area contributed by atoms with Gasteiger partial charge in [0.2, 0.25) is 0 Å². The minimum absolute atomic E-state index is 0.0837. The average Bonchev–Trinajstić information content (AvgIpc) is 3.23. The first-order valence-corrected chi connectivity index (χ1v) is 13.8. The third-order valence-corrected chi connectivity index (χ3v) is 7.18. The zero-order valence-electron chi connectivity index (χ0n) is 21.4. The molecular weight excluding hydrogens is 528 g/mol. The third-order valence-electron chi connectivity index (χ3n) is 5.93. The Labute approximate surface area is 237 Å². The number of carbonyl (C=O) groups is 1. The molecule has 1 aliphatic heterocycles. The fourth-order valence-corrected chi connectivity index (χ4v) is 5.13. The molecule has 4 aromatic rings. The summed E-state index contributed by atoms with van der Waals surface area (Å²) in [4.78, 5) is 20.7. The maximum Gasteiger partial charge on any atom is 0.267 e. The van der Waals surface area contributed by atoms with Crippen molar-refractivity contribution in [2.45, 2.75) is 20.1 Å². The van der Waals surface area contributed by atoms with E-state index in [1.54, 1.807) is 4.90 Å². The van der Waals surface area contributed by atoms with Crippen molar-refractivity contribution in [3.05, 3.63) is 130 Å². The number of hydrogen-bond donors (Lipinski definition) is 0. The smallest absolute Gasteiger partial charge is 0.267 e. The van der Waals surface area contributed by atoms with Crippen LogP contribution >= 0.6 is 23.4 Å². The fraction of sp³-hybridized carbons (Fsp3) is 0.125. The number of benzene rings is 4. The van der Waals surface area contributed by atoms with Crippen LogP contribution in [0, 0.1) is 0 Å². The maximum absolute atomic E-state index is 13.6. The van der Waals surface area contributed by atoms with Crippen molar-refractivity contribution in [1.29, 1.82) is 0 Å². The molecule has 1 aliphatic rings. The van der Waals surface area contributed by atoms with Crippen molar-refractivity contribution < 1.29 is 14.3 Å². The number of aliphatic imine (C=N–C) groups is 1. The summed E-state index contributed by atoms with van der Waals surface area (Å²) in [6.45, 7) is 3.25. The second kappa shape index (κ2) is 12.7. The zero-order chi connectivity index (χ0) is 27.0. The lowest BCUT2D eigenvalue weighted by Gasteiger charge is -2.15. The Hall–Kier alpha value is -4.00. The maximum atomic E-state index is 13.6. The number of carbonyl (C=O) groups excluding carboxylic acids is 1. The molecule has 0 spiro atoms. The Morgan fingerprint density at radius 1 is 0.846 bits per heavy atom. The zero-order valence-corrected chi connectivity index (χ0v) is 23.0. The Morgan fingerprint density at radius 2 is 1.56 bits per heavy atom. The fourth-order valence-electron chi connectivity index (χ4n) is 4.00. The molecule has 0 bridgehead atoms. The number of amidine groups is 1. The molecule has 5 rings (SSSR count). The Kier molecular flexibility index (Phi) is 8.66. The molecule has 0 aliphatic carbocycles. The molecule has 1 amide bonds. The van der Waals surface area contributed by atoms with Crippen LogP contribution in [0.4, 0.5) is 5.69 Å². The van der Waals surface area contributed by atoms with Crippen LogP contribution in [0.1, 0.15) is 23.6 Å². The van der Waals surface area contributed by atoms with E-state index >= 15 is 0 Å². The van der Waals surface area contributed by atoms with Crippen molar-refractivity contribution >= 4 is 46.2 Å². The van der Waals surface area contributed by atoms with Crippen molar-refractivity contribution in [1.82, 2.24) is 4.90 Å². The summed E-state index contributed by atoms with van der Waals surface area (Å²) < 4.78 is 11.9. The largest absolute Gasteiger partial charge is 0.490 e. The molecule has 1 saturated heterocycles. The van der Waals surface area contributed by atoms with Gasteiger partial charge in [-0.1, -0.05) is 78.3 Å². The average molecular weight is 555 g/mol. The quantitative estimate of drug-likeness (QED) is 0.196. The first-order valence-electron chi connectivity index (χ1n) is 12.6. The molecule has 4 aromatic carbocycles. The highest BCUT2D eigenvalue weighted by Crippen LogP contribution is 2.37. The van der Waals surface area contributed by atoms with E-state index in [4.69, 9.17) is 26.1 Å². The summed E-state index contributed by atoms with van der Waals surface area (Å²) in [7, 11) is 0. The lowest BCUT2D eigenvalue weighted by Crippen LogP contribution is -2.28. The standard InChI is InChI=1S/C32H27ClN2O3S/c1-2-37-29-19-25(15-18-28(29)38-22-24-13-16-26(33)17-14-24)20-30-31(36)35(21-23-9-5-3-6-10-23)32(39-30)34-27-11-7-4-8-12-27/h3-20H,2,21-22H2,1H3. The van der Waals surface area contributed by atoms with Gasteiger partial charge in [0.1, 0.15) is 6.61 Å². The molecule has 7 heteroatoms. The Morgan fingerprint density at radius 3 is 2.28 bits per heavy atom. The van der Waals surface area contributed by atoms with Crippen molar-refractivity contribution in [3.8, 4) is 11.5 Å². The molecular formula is C32H27ClN2O3S. The minimum Gasteiger partial charge on any atom is -0.490 e. The summed E-state index contributed by atoms with van der Waals surface area (Å²) in [5, 5.41) is 1.33. The molecule has 1 heterocycles. The van der Waals surface area contributed by atoms with Crippen LogP contribution in [-0.4, -0.2) is 22.6 Å². The highest BCUT2D eigenvalue weighted by molar-refractivity contribution is 8.18. The molecule has 0 atom stereocenters. The Bertz CT molecular complexity index is 1490. The van der Waals surface area contributed by atoms with Gasteiger partial charge in [-0.15, -0.1) is 0 Å². The van der Waals surface area contributed by atoms with E-state index in [-0.39, 0.29) is 5.91 Å². The van der Waals surface area contributed by atoms with Crippen LogP contribution in [0.2, 0.25) is 5.02 Å². The minimum atomic E-state index is -0.0837. The lowest BCUT2D eigenvalue weighted by molar-refractivity contribution is -0.122. The lowest BCUT2D eigenvalue weighted by atomic mass is 10.1. The van der Waals surface area contributed by atoms with Crippen molar-refractivity contribution in [2.24, 2.45) is 4.99 Å². The van der Waals surface area contributed by atoms with Crippen molar-refractivity contribution in [3.63, 3.8) is 0 Å². The number of hydrogen-bond acceptors (Lipinski definition) is 5. The van der Waals surface area contributed by atoms with E-state index in [2.05, 4.69) is 0 Å². The number of amides is 1. The number of thioether (sulfide) groups is 1. The van der Waals surface area contributed by atoms with E-state index in [0.29, 0.717) is 46.4 Å². The van der Waals surface area contributed by atoms with E-state index in [1.807, 2.05) is 116 Å². The first-order chi connectivity index (χ1) is 19.1. The number of ether oxygens (including phenoxy) is 2. The van der Waals surface area contributed by atoms with Gasteiger partial charge < -0.3 is 9.47 Å². The second-order valence-electron chi connectivity index (χ2n) is 8.77. The van der Waals surface area contributed by atoms with Gasteiger partial charge in [0.05, 0.1) is 23.7 Å². The van der Waals surface area contributed by atoms with Gasteiger partial charge in [-0.2, -0.15) is 0 Å². The monoisotopic (exact) mass is 554 g/mol. The highest BCUT2D eigenvalue weighted by atomic mass is 35.5. The van der Waals surface area contributed by atoms with Crippen molar-refractivity contribution in [2.75, 3.05) is 6.61 Å². The van der Waals surface area contributed by atoms with Crippen LogP contribution in [0.5, 0.6) is 11.5 Å². The molecule has 196 valence electrons. The molecule has 0 radical (unpaired) electrons. The third kappa shape index (κ3) is 6.91. The Balaban J connectivity index is 1.41. The van der Waals surface area contributed by atoms with E-state index in [9.17, 15) is 4.79 Å². The summed E-state index contributed by atoms with van der Waals surface area (Å²) >= 11 is 7.36. The van der Waals surface area contributed by atoms with Crippen LogP contribution in [-0.2, 0) is 17.9 Å². The van der Waals surface area contributed by atoms with Crippen LogP contribution in [0.3, 0.4) is 0 Å². The number of halogens is 1. The molecule has 0 unspecified atom stereocenters. The van der Waals surface area contributed by atoms with E-state index in [0.717, 1.165) is 22.4 Å². The number of para-hydroxylation sites is 1. The normalized spacial score (nSPS) is 15.2. The predicted octanol–water partition coefficient (Wildman–Crippen LogP) is 8.12. The van der Waals surface area contributed by atoms with Gasteiger partial charge in [-0.25, -0.2) is 4.99 Å². The molecule has 0 N–H and O–H groups in total. The van der Waals surface area contributed by atoms with Gasteiger partial charge in [0.15, 0.2) is 16.7 Å². The number of nitrogens with zero attached hydrogens (tertiary/aromatic N) is 2. The highest BCUT2D eigenvalue weighted by Gasteiger charge is 2.33. The second-order valence-corrected chi connectivity index (χ2v) is 10.2. The molecule has 39 heavy (non-hydrogen) atoms. The van der Waals surface area contributed by atoms with Crippen LogP contribution in [0.25, 0.3) is 6.08 Å². The van der Waals surface area contributed by atoms with Crippen LogP contribution in [0.15, 0.2) is 113 Å². The van der Waals surface area contributed by atoms with Gasteiger partial charge in [0.25, 0.3) is 5.91 Å². The summed E-state index contributed by atoms with van der Waals surface area (Å²) in [6, 6.07) is 32.8. The van der Waals surface area contributed by atoms with E-state index < -0.39 is 0 Å². The van der Waals surface area contributed by atoms with Crippen LogP contribution < -0.4 is 9.47 Å². The summed E-state index contributed by atoms with van der Waals surface area (Å²) in [5.41, 5.74) is 3.68. The van der Waals surface area contributed by atoms with Gasteiger partial charge >= 0.3 is 0 Å². The van der Waals surface area contributed by atoms with Gasteiger partial charge in [-0.05, 0) is 77.9 Å².